The summed E-state index contributed by atoms with van der Waals surface area (Å²) in [7, 11) is 0. The van der Waals surface area contributed by atoms with Gasteiger partial charge >= 0.3 is 23.9 Å². The molecule has 0 bridgehead atoms. The first-order chi connectivity index (χ1) is 18.1. The quantitative estimate of drug-likeness (QED) is 0.325. The molecule has 0 heterocycles. The molecule has 1 N–H and O–H groups in total. The minimum atomic E-state index is -0.791. The first kappa shape index (κ1) is 29.9. The van der Waals surface area contributed by atoms with Gasteiger partial charge in [0.05, 0.1) is 0 Å². The van der Waals surface area contributed by atoms with E-state index in [0.29, 0.717) is 19.3 Å². The van der Waals surface area contributed by atoms with Crippen LogP contribution in [0.3, 0.4) is 0 Å². The molecule has 8 heteroatoms. The van der Waals surface area contributed by atoms with Crippen LogP contribution in [0.4, 0.5) is 0 Å². The Bertz CT molecular complexity index is 993. The number of rotatable bonds is 7. The van der Waals surface area contributed by atoms with E-state index >= 15 is 0 Å². The predicted molar refractivity (Wildman–Crippen MR) is 143 cm³/mol. The zero-order valence-corrected chi connectivity index (χ0v) is 24.8. The van der Waals surface area contributed by atoms with Gasteiger partial charge in [0, 0.05) is 38.5 Å². The normalized spacial score (nSPS) is 43.7. The van der Waals surface area contributed by atoms with E-state index in [1.54, 1.807) is 0 Å². The maximum atomic E-state index is 12.5. The van der Waals surface area contributed by atoms with Crippen LogP contribution in [-0.4, -0.2) is 47.3 Å². The second-order valence-corrected chi connectivity index (χ2v) is 13.9. The fourth-order valence-corrected chi connectivity index (χ4v) is 10.1. The molecular formula is C31H48O8. The summed E-state index contributed by atoms with van der Waals surface area (Å²) in [5.74, 6) is -0.759. The highest BCUT2D eigenvalue weighted by molar-refractivity contribution is 5.67. The van der Waals surface area contributed by atoms with E-state index in [2.05, 4.69) is 27.7 Å². The van der Waals surface area contributed by atoms with Crippen molar-refractivity contribution in [2.75, 3.05) is 0 Å². The average Bonchev–Trinajstić information content (AvgIpc) is 3.16. The lowest BCUT2D eigenvalue weighted by molar-refractivity contribution is -0.244. The maximum Gasteiger partial charge on any atom is 0.303 e. The van der Waals surface area contributed by atoms with Crippen molar-refractivity contribution in [1.82, 2.24) is 0 Å². The summed E-state index contributed by atoms with van der Waals surface area (Å²) in [6.07, 6.45) is 5.71. The molecule has 4 rings (SSSR count). The zero-order valence-electron chi connectivity index (χ0n) is 24.8. The number of esters is 3. The van der Waals surface area contributed by atoms with Crippen LogP contribution >= 0.6 is 0 Å². The molecule has 4 aliphatic carbocycles. The summed E-state index contributed by atoms with van der Waals surface area (Å²) in [5, 5.41) is 9.33. The molecule has 39 heavy (non-hydrogen) atoms. The van der Waals surface area contributed by atoms with E-state index in [-0.39, 0.29) is 88.5 Å². The number of carboxylic acids is 1. The smallest absolute Gasteiger partial charge is 0.303 e. The monoisotopic (exact) mass is 548 g/mol. The fourth-order valence-electron chi connectivity index (χ4n) is 10.1. The molecule has 0 aromatic heterocycles. The number of hydrogen-bond donors (Lipinski definition) is 1. The number of fused-ring (bicyclic) bond motifs is 5. The zero-order chi connectivity index (χ0) is 28.9. The minimum Gasteiger partial charge on any atom is -0.481 e. The van der Waals surface area contributed by atoms with Crippen molar-refractivity contribution in [3.05, 3.63) is 0 Å². The van der Waals surface area contributed by atoms with Crippen LogP contribution in [0.2, 0.25) is 0 Å². The molecule has 220 valence electrons. The van der Waals surface area contributed by atoms with Crippen LogP contribution in [0, 0.1) is 45.8 Å². The Morgan fingerprint density at radius 2 is 1.51 bits per heavy atom. The lowest BCUT2D eigenvalue weighted by atomic mass is 9.39. The van der Waals surface area contributed by atoms with E-state index in [1.165, 1.54) is 20.8 Å². The van der Waals surface area contributed by atoms with Crippen LogP contribution in [0.5, 0.6) is 0 Å². The van der Waals surface area contributed by atoms with E-state index in [4.69, 9.17) is 14.2 Å². The molecule has 4 saturated carbocycles. The topological polar surface area (TPSA) is 116 Å². The van der Waals surface area contributed by atoms with Gasteiger partial charge in [-0.1, -0.05) is 27.7 Å². The number of carbonyl (C=O) groups is 4. The predicted octanol–water partition coefficient (Wildman–Crippen LogP) is 5.55. The summed E-state index contributed by atoms with van der Waals surface area (Å²) in [6.45, 7) is 13.4. The highest BCUT2D eigenvalue weighted by atomic mass is 16.6. The van der Waals surface area contributed by atoms with Crippen LogP contribution in [-0.2, 0) is 33.4 Å². The lowest BCUT2D eigenvalue weighted by Crippen LogP contribution is -2.66. The van der Waals surface area contributed by atoms with E-state index in [0.717, 1.165) is 32.1 Å². The SMILES string of the molecule is CC(=O)OC1CC[C@]2(C)[C@H]3CC(OC(C)=O)[C@]4(C)[C@@H]([C@H](C)CCC(=O)O)CC[C@H]4[C@@H]3C(OC(C)=O)C[C@]2(C)C1. The molecule has 11 atom stereocenters. The van der Waals surface area contributed by atoms with Gasteiger partial charge in [-0.05, 0) is 85.9 Å². The summed E-state index contributed by atoms with van der Waals surface area (Å²) in [5.41, 5.74) is -0.645. The van der Waals surface area contributed by atoms with Gasteiger partial charge in [-0.2, -0.15) is 0 Å². The molecule has 4 aliphatic rings. The Morgan fingerprint density at radius 3 is 2.10 bits per heavy atom. The number of hydrogen-bond acceptors (Lipinski definition) is 7. The molecule has 0 radical (unpaired) electrons. The first-order valence-electron chi connectivity index (χ1n) is 14.9. The third-order valence-corrected chi connectivity index (χ3v) is 11.9. The Balaban J connectivity index is 1.75. The van der Waals surface area contributed by atoms with Crippen molar-refractivity contribution in [2.24, 2.45) is 45.8 Å². The van der Waals surface area contributed by atoms with E-state index < -0.39 is 5.97 Å². The number of carboxylic acid groups (broad SMARTS) is 1. The van der Waals surface area contributed by atoms with Gasteiger partial charge in [0.15, 0.2) is 0 Å². The van der Waals surface area contributed by atoms with Gasteiger partial charge in [0.2, 0.25) is 0 Å². The van der Waals surface area contributed by atoms with Gasteiger partial charge in [0.25, 0.3) is 0 Å². The van der Waals surface area contributed by atoms with Crippen molar-refractivity contribution in [3.63, 3.8) is 0 Å². The molecular weight excluding hydrogens is 500 g/mol. The molecule has 0 aromatic carbocycles. The molecule has 0 aromatic rings. The number of ether oxygens (including phenoxy) is 3. The van der Waals surface area contributed by atoms with Gasteiger partial charge in [0.1, 0.15) is 18.3 Å². The largest absolute Gasteiger partial charge is 0.481 e. The summed E-state index contributed by atoms with van der Waals surface area (Å²) >= 11 is 0. The van der Waals surface area contributed by atoms with E-state index in [9.17, 15) is 24.3 Å². The van der Waals surface area contributed by atoms with Gasteiger partial charge in [-0.25, -0.2) is 0 Å². The molecule has 0 spiro atoms. The standard InChI is InChI=1S/C31H48O8/c1-17(8-11-27(35)36)22-9-10-23-28-24(14-26(31(22,23)7)39-20(4)34)30(6)13-12-21(37-18(2)32)15-29(30,5)16-25(28)38-19(3)33/h17,21-26,28H,8-16H2,1-7H3,(H,35,36)/t17-,21?,22-,23+,24+,25?,26?,28+,29+,30-,31-/m1/s1. The van der Waals surface area contributed by atoms with Crippen LogP contribution in [0.25, 0.3) is 0 Å². The fraction of sp³-hybridized carbons (Fsp3) is 0.871. The highest BCUT2D eigenvalue weighted by Crippen LogP contribution is 2.72. The van der Waals surface area contributed by atoms with Crippen LogP contribution in [0.15, 0.2) is 0 Å². The minimum absolute atomic E-state index is 0.0995. The molecule has 0 aliphatic heterocycles. The second-order valence-electron chi connectivity index (χ2n) is 13.9. The van der Waals surface area contributed by atoms with Crippen LogP contribution in [0.1, 0.15) is 106 Å². The highest BCUT2D eigenvalue weighted by Gasteiger charge is 2.70. The maximum absolute atomic E-state index is 12.5. The Labute approximate surface area is 232 Å². The van der Waals surface area contributed by atoms with Crippen molar-refractivity contribution >= 4 is 23.9 Å². The molecule has 3 unspecified atom stereocenters. The van der Waals surface area contributed by atoms with Gasteiger partial charge in [-0.15, -0.1) is 0 Å². The average molecular weight is 549 g/mol. The number of aliphatic carboxylic acids is 1. The third-order valence-electron chi connectivity index (χ3n) is 11.9. The molecule has 0 amide bonds. The van der Waals surface area contributed by atoms with Crippen LogP contribution < -0.4 is 0 Å². The molecule has 0 saturated heterocycles. The number of carbonyl (C=O) groups excluding carboxylic acids is 3. The van der Waals surface area contributed by atoms with Crippen molar-refractivity contribution < 1.29 is 38.5 Å². The van der Waals surface area contributed by atoms with Gasteiger partial charge < -0.3 is 19.3 Å². The Hall–Kier alpha value is -2.12. The molecule has 8 nitrogen and oxygen atoms in total. The van der Waals surface area contributed by atoms with Crippen molar-refractivity contribution in [1.29, 1.82) is 0 Å². The van der Waals surface area contributed by atoms with Crippen molar-refractivity contribution in [3.8, 4) is 0 Å². The Morgan fingerprint density at radius 1 is 0.872 bits per heavy atom. The van der Waals surface area contributed by atoms with Crippen molar-refractivity contribution in [2.45, 2.75) is 125 Å². The summed E-state index contributed by atoms with van der Waals surface area (Å²) < 4.78 is 18.0. The third kappa shape index (κ3) is 5.21. The van der Waals surface area contributed by atoms with E-state index in [1.807, 2.05) is 0 Å². The summed E-state index contributed by atoms with van der Waals surface area (Å²) in [6, 6.07) is 0. The van der Waals surface area contributed by atoms with Gasteiger partial charge in [-0.3, -0.25) is 19.2 Å². The Kier molecular flexibility index (Phi) is 8.19. The second kappa shape index (κ2) is 10.7. The first-order valence-corrected chi connectivity index (χ1v) is 14.9. The summed E-state index contributed by atoms with van der Waals surface area (Å²) in [4.78, 5) is 48.0. The lowest BCUT2D eigenvalue weighted by Gasteiger charge is -2.67. The molecule has 4 fully saturated rings.